The molecule has 0 aromatic heterocycles. The van der Waals surface area contributed by atoms with Crippen LogP contribution in [0.25, 0.3) is 22.3 Å². The highest BCUT2D eigenvalue weighted by Gasteiger charge is 2.32. The Morgan fingerprint density at radius 1 is 0.643 bits per heavy atom. The van der Waals surface area contributed by atoms with E-state index in [-0.39, 0.29) is 17.0 Å². The molecular weight excluding hydrogens is 532 g/mol. The topological polar surface area (TPSA) is 0 Å². The van der Waals surface area contributed by atoms with Gasteiger partial charge in [-0.25, -0.2) is 17.6 Å². The van der Waals surface area contributed by atoms with E-state index in [1.165, 1.54) is 38.5 Å². The first-order valence-electron chi connectivity index (χ1n) is 16.1. The number of hydrogen-bond acceptors (Lipinski definition) is 0. The molecule has 3 aromatic carbocycles. The number of benzene rings is 3. The van der Waals surface area contributed by atoms with Crippen molar-refractivity contribution in [1.82, 2.24) is 0 Å². The lowest BCUT2D eigenvalue weighted by molar-refractivity contribution is 0.156. The van der Waals surface area contributed by atoms with Crippen LogP contribution in [0.3, 0.4) is 0 Å². The van der Waals surface area contributed by atoms with Crippen molar-refractivity contribution in [2.45, 2.75) is 96.8 Å². The van der Waals surface area contributed by atoms with Crippen molar-refractivity contribution in [3.63, 3.8) is 0 Å². The van der Waals surface area contributed by atoms with E-state index in [1.54, 1.807) is 48.5 Å². The van der Waals surface area contributed by atoms with Gasteiger partial charge in [-0.2, -0.15) is 0 Å². The van der Waals surface area contributed by atoms with Gasteiger partial charge in [-0.05, 0) is 111 Å². The van der Waals surface area contributed by atoms with E-state index >= 15 is 8.78 Å². The third-order valence-corrected chi connectivity index (χ3v) is 10.0. The molecule has 0 unspecified atom stereocenters. The molecule has 0 N–H and O–H groups in total. The zero-order valence-electron chi connectivity index (χ0n) is 25.1. The van der Waals surface area contributed by atoms with E-state index < -0.39 is 23.3 Å². The maximum atomic E-state index is 15.4. The van der Waals surface area contributed by atoms with E-state index in [0.717, 1.165) is 43.9 Å². The minimum Gasteiger partial charge on any atom is -0.203 e. The summed E-state index contributed by atoms with van der Waals surface area (Å²) in [6, 6.07) is 13.2. The molecule has 0 spiro atoms. The van der Waals surface area contributed by atoms with Gasteiger partial charge in [-0.3, -0.25) is 0 Å². The minimum atomic E-state index is -0.877. The average Bonchev–Trinajstić information content (AvgIpc) is 3.02. The molecule has 2 aliphatic rings. The summed E-state index contributed by atoms with van der Waals surface area (Å²) in [5.41, 5.74) is 2.20. The van der Waals surface area contributed by atoms with Crippen LogP contribution in [0.4, 0.5) is 17.6 Å². The fourth-order valence-corrected chi connectivity index (χ4v) is 7.56. The van der Waals surface area contributed by atoms with Gasteiger partial charge in [0.2, 0.25) is 0 Å². The van der Waals surface area contributed by atoms with Crippen molar-refractivity contribution in [3.05, 3.63) is 95.1 Å². The Morgan fingerprint density at radius 2 is 1.19 bits per heavy atom. The summed E-state index contributed by atoms with van der Waals surface area (Å²) in [5, 5.41) is 0. The molecule has 4 heteroatoms. The molecule has 42 heavy (non-hydrogen) atoms. The van der Waals surface area contributed by atoms with Gasteiger partial charge in [0.25, 0.3) is 0 Å². The lowest BCUT2D eigenvalue weighted by Crippen LogP contribution is -2.25. The van der Waals surface area contributed by atoms with Crippen LogP contribution in [0, 0.1) is 41.0 Å². The van der Waals surface area contributed by atoms with Gasteiger partial charge in [0.15, 0.2) is 23.3 Å². The number of aryl methyl sites for hydroxylation is 1. The van der Waals surface area contributed by atoms with Crippen molar-refractivity contribution in [2.24, 2.45) is 17.8 Å². The predicted octanol–water partition coefficient (Wildman–Crippen LogP) is 12.0. The standard InChI is InChI=1S/C38H44F4/c1-3-5-6-8-25-9-11-26(12-10-25)27-13-15-28(16-14-27)33-23-24-34(38(42)37(33)41)30-19-17-29(18-20-30)32-22-21-31(7-4-2)35(39)36(32)40/h3,5,17-28H,4,6-16H2,1-2H3/b5-3+. The summed E-state index contributed by atoms with van der Waals surface area (Å²) in [4.78, 5) is 0. The van der Waals surface area contributed by atoms with Crippen LogP contribution >= 0.6 is 0 Å². The molecule has 0 bridgehead atoms. The molecule has 0 amide bonds. The SMILES string of the molecule is C/C=C/CCC1CCC(C2CCC(c3ccc(-c4ccc(-c5ccc(CCC)c(F)c5F)cc4)c(F)c3F)CC2)CC1. The molecule has 2 fully saturated rings. The summed E-state index contributed by atoms with van der Waals surface area (Å²) in [5.74, 6) is -0.863. The van der Waals surface area contributed by atoms with E-state index in [1.807, 2.05) is 6.92 Å². The third kappa shape index (κ3) is 6.68. The van der Waals surface area contributed by atoms with Gasteiger partial charge in [0, 0.05) is 11.1 Å². The molecule has 2 saturated carbocycles. The summed E-state index contributed by atoms with van der Waals surface area (Å²) >= 11 is 0. The summed E-state index contributed by atoms with van der Waals surface area (Å²) < 4.78 is 60.0. The van der Waals surface area contributed by atoms with Crippen LogP contribution in [0.5, 0.6) is 0 Å². The predicted molar refractivity (Wildman–Crippen MR) is 165 cm³/mol. The summed E-state index contributed by atoms with van der Waals surface area (Å²) in [6.45, 7) is 4.01. The van der Waals surface area contributed by atoms with Gasteiger partial charge in [-0.15, -0.1) is 0 Å². The van der Waals surface area contributed by atoms with Gasteiger partial charge in [0.1, 0.15) is 0 Å². The molecule has 0 heterocycles. The fraction of sp³-hybridized carbons (Fsp3) is 0.474. The van der Waals surface area contributed by atoms with E-state index in [4.69, 9.17) is 0 Å². The molecule has 0 saturated heterocycles. The second-order valence-electron chi connectivity index (χ2n) is 12.6. The third-order valence-electron chi connectivity index (χ3n) is 10.0. The first kappa shape index (κ1) is 30.6. The first-order chi connectivity index (χ1) is 20.4. The van der Waals surface area contributed by atoms with Crippen LogP contribution in [0.15, 0.2) is 60.7 Å². The lowest BCUT2D eigenvalue weighted by Gasteiger charge is -2.38. The lowest BCUT2D eigenvalue weighted by atomic mass is 9.68. The second kappa shape index (κ2) is 14.1. The Bertz CT molecular complexity index is 1360. The Kier molecular flexibility index (Phi) is 10.2. The van der Waals surface area contributed by atoms with Crippen LogP contribution in [0.1, 0.15) is 102 Å². The largest absolute Gasteiger partial charge is 0.203 e. The van der Waals surface area contributed by atoms with Gasteiger partial charge < -0.3 is 0 Å². The normalized spacial score (nSPS) is 23.0. The van der Waals surface area contributed by atoms with Gasteiger partial charge in [-0.1, -0.05) is 86.9 Å². The van der Waals surface area contributed by atoms with Crippen LogP contribution in [-0.4, -0.2) is 0 Å². The van der Waals surface area contributed by atoms with Crippen LogP contribution in [0.2, 0.25) is 0 Å². The smallest absolute Gasteiger partial charge is 0.166 e. The Balaban J connectivity index is 1.21. The monoisotopic (exact) mass is 576 g/mol. The molecule has 3 aromatic rings. The second-order valence-corrected chi connectivity index (χ2v) is 12.6. The van der Waals surface area contributed by atoms with E-state index in [9.17, 15) is 8.78 Å². The van der Waals surface area contributed by atoms with Crippen molar-refractivity contribution < 1.29 is 17.6 Å². The van der Waals surface area contributed by atoms with Gasteiger partial charge >= 0.3 is 0 Å². The number of hydrogen-bond donors (Lipinski definition) is 0. The molecule has 2 aliphatic carbocycles. The van der Waals surface area contributed by atoms with Crippen LogP contribution < -0.4 is 0 Å². The number of allylic oxidation sites excluding steroid dienone is 2. The van der Waals surface area contributed by atoms with E-state index in [2.05, 4.69) is 19.1 Å². The Morgan fingerprint density at radius 3 is 1.76 bits per heavy atom. The average molecular weight is 577 g/mol. The van der Waals surface area contributed by atoms with Crippen molar-refractivity contribution >= 4 is 0 Å². The maximum Gasteiger partial charge on any atom is 0.166 e. The molecule has 224 valence electrons. The molecular formula is C38H44F4. The molecule has 0 radical (unpaired) electrons. The number of halogens is 4. The van der Waals surface area contributed by atoms with Crippen molar-refractivity contribution in [3.8, 4) is 22.3 Å². The minimum absolute atomic E-state index is 0.0536. The highest BCUT2D eigenvalue weighted by atomic mass is 19.2. The van der Waals surface area contributed by atoms with Crippen LogP contribution in [-0.2, 0) is 6.42 Å². The zero-order valence-corrected chi connectivity index (χ0v) is 25.1. The van der Waals surface area contributed by atoms with Crippen molar-refractivity contribution in [2.75, 3.05) is 0 Å². The summed E-state index contributed by atoms with van der Waals surface area (Å²) in [6.07, 6.45) is 17.4. The van der Waals surface area contributed by atoms with Gasteiger partial charge in [0.05, 0.1) is 0 Å². The Hall–Kier alpha value is -2.88. The highest BCUT2D eigenvalue weighted by molar-refractivity contribution is 5.71. The maximum absolute atomic E-state index is 15.4. The molecule has 5 rings (SSSR count). The Labute approximate surface area is 249 Å². The highest BCUT2D eigenvalue weighted by Crippen LogP contribution is 2.45. The quantitative estimate of drug-likeness (QED) is 0.176. The first-order valence-corrected chi connectivity index (χ1v) is 16.1. The van der Waals surface area contributed by atoms with Crippen molar-refractivity contribution in [1.29, 1.82) is 0 Å². The van der Waals surface area contributed by atoms with E-state index in [0.29, 0.717) is 34.6 Å². The zero-order chi connectivity index (χ0) is 29.6. The number of rotatable bonds is 9. The molecule has 0 aliphatic heterocycles. The molecule has 0 atom stereocenters. The fourth-order valence-electron chi connectivity index (χ4n) is 7.56. The summed E-state index contributed by atoms with van der Waals surface area (Å²) in [7, 11) is 0. The molecule has 0 nitrogen and oxygen atoms in total.